The molecule has 3 aromatic rings. The number of hydrogen-bond acceptors (Lipinski definition) is 2. The molecule has 2 heteroatoms. The molecule has 0 spiro atoms. The molecular weight excluding hydrogens is 276 g/mol. The Morgan fingerprint density at radius 2 is 1.71 bits per heavy atom. The fraction of sp³-hybridized carbons (Fsp3) is 0.263. The van der Waals surface area contributed by atoms with E-state index in [0.717, 1.165) is 5.75 Å². The molecule has 1 aromatic heterocycles. The fourth-order valence-corrected chi connectivity index (χ4v) is 3.57. The van der Waals surface area contributed by atoms with Crippen LogP contribution >= 0.6 is 11.3 Å². The van der Waals surface area contributed by atoms with Crippen molar-refractivity contribution < 1.29 is 4.74 Å². The minimum Gasteiger partial charge on any atom is -0.496 e. The predicted molar refractivity (Wildman–Crippen MR) is 92.5 cm³/mol. The summed E-state index contributed by atoms with van der Waals surface area (Å²) in [6.07, 6.45) is 0. The summed E-state index contributed by atoms with van der Waals surface area (Å²) >= 11 is 1.82. The van der Waals surface area contributed by atoms with Crippen molar-refractivity contribution in [1.82, 2.24) is 0 Å². The van der Waals surface area contributed by atoms with Crippen LogP contribution in [0.4, 0.5) is 0 Å². The maximum Gasteiger partial charge on any atom is 0.127 e. The summed E-state index contributed by atoms with van der Waals surface area (Å²) in [5.41, 5.74) is 2.65. The van der Waals surface area contributed by atoms with Crippen molar-refractivity contribution in [3.8, 4) is 16.2 Å². The van der Waals surface area contributed by atoms with Gasteiger partial charge in [-0.2, -0.15) is 0 Å². The van der Waals surface area contributed by atoms with Gasteiger partial charge in [0.2, 0.25) is 0 Å². The Morgan fingerprint density at radius 1 is 0.952 bits per heavy atom. The lowest BCUT2D eigenvalue weighted by atomic mass is 9.86. The van der Waals surface area contributed by atoms with Gasteiger partial charge in [-0.15, -0.1) is 11.3 Å². The smallest absolute Gasteiger partial charge is 0.127 e. The molecule has 2 aromatic carbocycles. The molecular formula is C19H20OS. The number of methoxy groups -OCH3 is 1. The summed E-state index contributed by atoms with van der Waals surface area (Å²) < 4.78 is 6.89. The number of rotatable bonds is 2. The lowest BCUT2D eigenvalue weighted by Gasteiger charge is -2.20. The van der Waals surface area contributed by atoms with Crippen LogP contribution in [-0.2, 0) is 5.41 Å². The first-order valence-corrected chi connectivity index (χ1v) is 7.98. The van der Waals surface area contributed by atoms with Crippen molar-refractivity contribution in [2.45, 2.75) is 26.2 Å². The van der Waals surface area contributed by atoms with Gasteiger partial charge in [-0.05, 0) is 40.6 Å². The number of benzene rings is 2. The summed E-state index contributed by atoms with van der Waals surface area (Å²) in [6.45, 7) is 6.72. The zero-order chi connectivity index (χ0) is 15.0. The van der Waals surface area contributed by atoms with Gasteiger partial charge < -0.3 is 4.74 Å². The molecule has 3 rings (SSSR count). The molecule has 0 N–H and O–H groups in total. The summed E-state index contributed by atoms with van der Waals surface area (Å²) in [6, 6.07) is 17.3. The van der Waals surface area contributed by atoms with Crippen LogP contribution in [0.3, 0.4) is 0 Å². The normalized spacial score (nSPS) is 11.8. The largest absolute Gasteiger partial charge is 0.496 e. The second kappa shape index (κ2) is 5.19. The van der Waals surface area contributed by atoms with Gasteiger partial charge in [0.25, 0.3) is 0 Å². The Balaban J connectivity index is 2.19. The standard InChI is InChI=1S/C19H20OS/c1-19(2,3)14-9-10-16(20-4)15(12-14)18-11-13-7-5-6-8-17(13)21-18/h5-12H,1-4H3. The van der Waals surface area contributed by atoms with Crippen molar-refractivity contribution in [3.63, 3.8) is 0 Å². The number of ether oxygens (including phenoxy) is 1. The number of fused-ring (bicyclic) bond motifs is 1. The molecule has 0 saturated carbocycles. The van der Waals surface area contributed by atoms with E-state index in [1.54, 1.807) is 7.11 Å². The molecule has 0 aliphatic heterocycles. The molecule has 0 aliphatic rings. The minimum atomic E-state index is 0.137. The molecule has 21 heavy (non-hydrogen) atoms. The maximum absolute atomic E-state index is 5.57. The van der Waals surface area contributed by atoms with E-state index >= 15 is 0 Å². The third-order valence-electron chi connectivity index (χ3n) is 3.76. The van der Waals surface area contributed by atoms with Gasteiger partial charge >= 0.3 is 0 Å². The van der Waals surface area contributed by atoms with Crippen molar-refractivity contribution in [2.24, 2.45) is 0 Å². The SMILES string of the molecule is COc1ccc(C(C)(C)C)cc1-c1cc2ccccc2s1. The maximum atomic E-state index is 5.57. The van der Waals surface area contributed by atoms with Gasteiger partial charge in [0.1, 0.15) is 5.75 Å². The van der Waals surface area contributed by atoms with Crippen molar-refractivity contribution in [1.29, 1.82) is 0 Å². The van der Waals surface area contributed by atoms with Gasteiger partial charge in [-0.25, -0.2) is 0 Å². The zero-order valence-electron chi connectivity index (χ0n) is 12.9. The monoisotopic (exact) mass is 296 g/mol. The Hall–Kier alpha value is -1.80. The van der Waals surface area contributed by atoms with Gasteiger partial charge in [0.15, 0.2) is 0 Å². The van der Waals surface area contributed by atoms with Gasteiger partial charge in [0.05, 0.1) is 7.11 Å². The van der Waals surface area contributed by atoms with E-state index < -0.39 is 0 Å². The minimum absolute atomic E-state index is 0.137. The highest BCUT2D eigenvalue weighted by Gasteiger charge is 2.17. The average molecular weight is 296 g/mol. The number of thiophene rings is 1. The molecule has 1 nitrogen and oxygen atoms in total. The molecule has 0 atom stereocenters. The Labute approximate surface area is 130 Å². The van der Waals surface area contributed by atoms with Gasteiger partial charge in [-0.1, -0.05) is 45.0 Å². The van der Waals surface area contributed by atoms with Crippen molar-refractivity contribution >= 4 is 21.4 Å². The zero-order valence-corrected chi connectivity index (χ0v) is 13.8. The van der Waals surface area contributed by atoms with Crippen LogP contribution in [0.15, 0.2) is 48.5 Å². The molecule has 0 bridgehead atoms. The Bertz CT molecular complexity index is 745. The van der Waals surface area contributed by atoms with E-state index in [1.807, 2.05) is 11.3 Å². The summed E-state index contributed by atoms with van der Waals surface area (Å²) in [5, 5.41) is 1.29. The van der Waals surface area contributed by atoms with Crippen LogP contribution in [0.1, 0.15) is 26.3 Å². The molecule has 0 saturated heterocycles. The lowest BCUT2D eigenvalue weighted by Crippen LogP contribution is -2.11. The van der Waals surface area contributed by atoms with E-state index in [0.29, 0.717) is 0 Å². The third kappa shape index (κ3) is 2.68. The highest BCUT2D eigenvalue weighted by atomic mass is 32.1. The first-order chi connectivity index (χ1) is 9.99. The Kier molecular flexibility index (Phi) is 3.50. The first-order valence-electron chi connectivity index (χ1n) is 7.16. The third-order valence-corrected chi connectivity index (χ3v) is 4.91. The summed E-state index contributed by atoms with van der Waals surface area (Å²) in [7, 11) is 1.74. The highest BCUT2D eigenvalue weighted by Crippen LogP contribution is 2.40. The molecule has 0 amide bonds. The molecule has 0 fully saturated rings. The molecule has 108 valence electrons. The average Bonchev–Trinajstić information content (AvgIpc) is 2.89. The van der Waals surface area contributed by atoms with Crippen LogP contribution in [0.25, 0.3) is 20.5 Å². The second-order valence-electron chi connectivity index (χ2n) is 6.31. The van der Waals surface area contributed by atoms with Gasteiger partial charge in [0, 0.05) is 15.1 Å². The fourth-order valence-electron chi connectivity index (χ4n) is 2.48. The van der Waals surface area contributed by atoms with E-state index in [-0.39, 0.29) is 5.41 Å². The summed E-state index contributed by atoms with van der Waals surface area (Å²) in [4.78, 5) is 1.26. The van der Waals surface area contributed by atoms with Crippen LogP contribution in [0.5, 0.6) is 5.75 Å². The van der Waals surface area contributed by atoms with Crippen LogP contribution in [0.2, 0.25) is 0 Å². The van der Waals surface area contributed by atoms with Crippen LogP contribution < -0.4 is 4.74 Å². The van der Waals surface area contributed by atoms with Crippen molar-refractivity contribution in [2.75, 3.05) is 7.11 Å². The highest BCUT2D eigenvalue weighted by molar-refractivity contribution is 7.22. The molecule has 0 aliphatic carbocycles. The molecule has 1 heterocycles. The van der Waals surface area contributed by atoms with Crippen LogP contribution in [-0.4, -0.2) is 7.11 Å². The van der Waals surface area contributed by atoms with Crippen LogP contribution in [0, 0.1) is 0 Å². The van der Waals surface area contributed by atoms with E-state index in [1.165, 1.54) is 26.1 Å². The predicted octanol–water partition coefficient (Wildman–Crippen LogP) is 5.87. The molecule has 0 unspecified atom stereocenters. The van der Waals surface area contributed by atoms with Gasteiger partial charge in [-0.3, -0.25) is 0 Å². The van der Waals surface area contributed by atoms with E-state index in [4.69, 9.17) is 4.74 Å². The molecule has 0 radical (unpaired) electrons. The van der Waals surface area contributed by atoms with E-state index in [9.17, 15) is 0 Å². The second-order valence-corrected chi connectivity index (χ2v) is 7.40. The summed E-state index contributed by atoms with van der Waals surface area (Å²) in [5.74, 6) is 0.939. The quantitative estimate of drug-likeness (QED) is 0.574. The van der Waals surface area contributed by atoms with E-state index in [2.05, 4.69) is 69.3 Å². The first kappa shape index (κ1) is 14.2. The Morgan fingerprint density at radius 3 is 2.38 bits per heavy atom. The number of hydrogen-bond donors (Lipinski definition) is 0. The lowest BCUT2D eigenvalue weighted by molar-refractivity contribution is 0.416. The topological polar surface area (TPSA) is 9.23 Å². The van der Waals surface area contributed by atoms with Crippen molar-refractivity contribution in [3.05, 3.63) is 54.1 Å².